The van der Waals surface area contributed by atoms with Crippen LogP contribution >= 0.6 is 11.3 Å². The van der Waals surface area contributed by atoms with Gasteiger partial charge in [0.05, 0.1) is 0 Å². The van der Waals surface area contributed by atoms with E-state index in [4.69, 9.17) is 11.1 Å². The number of thiophene rings is 1. The molecule has 0 aliphatic heterocycles. The summed E-state index contributed by atoms with van der Waals surface area (Å²) in [5.41, 5.74) is 7.31. The summed E-state index contributed by atoms with van der Waals surface area (Å²) >= 11 is 1.69. The van der Waals surface area contributed by atoms with Crippen molar-refractivity contribution < 1.29 is 0 Å². The SMILES string of the molecule is N=C(N)c1cccc(-c2cccs2)c1. The lowest BCUT2D eigenvalue weighted by molar-refractivity contribution is 1.43. The van der Waals surface area contributed by atoms with Crippen molar-refractivity contribution >= 4 is 17.2 Å². The van der Waals surface area contributed by atoms with Gasteiger partial charge in [-0.1, -0.05) is 24.3 Å². The van der Waals surface area contributed by atoms with Crippen molar-refractivity contribution in [2.75, 3.05) is 0 Å². The minimum atomic E-state index is 0.114. The Labute approximate surface area is 86.5 Å². The van der Waals surface area contributed by atoms with Crippen LogP contribution in [0, 0.1) is 5.41 Å². The normalized spacial score (nSPS) is 10.0. The minimum Gasteiger partial charge on any atom is -0.384 e. The fraction of sp³-hybridized carbons (Fsp3) is 0. The predicted octanol–water partition coefficient (Wildman–Crippen LogP) is 2.70. The third kappa shape index (κ3) is 1.67. The summed E-state index contributed by atoms with van der Waals surface area (Å²) in [5.74, 6) is 0.114. The molecule has 1 aromatic carbocycles. The first-order chi connectivity index (χ1) is 6.77. The highest BCUT2D eigenvalue weighted by molar-refractivity contribution is 7.13. The van der Waals surface area contributed by atoms with E-state index in [-0.39, 0.29) is 5.84 Å². The Bertz CT molecular complexity index is 446. The van der Waals surface area contributed by atoms with E-state index < -0.39 is 0 Å². The molecule has 0 saturated carbocycles. The van der Waals surface area contributed by atoms with Gasteiger partial charge in [-0.25, -0.2) is 0 Å². The molecule has 0 bridgehead atoms. The summed E-state index contributed by atoms with van der Waals surface area (Å²) in [7, 11) is 0. The van der Waals surface area contributed by atoms with Crippen LogP contribution in [0.25, 0.3) is 10.4 Å². The third-order valence-electron chi connectivity index (χ3n) is 1.98. The first kappa shape index (κ1) is 8.97. The molecule has 0 fully saturated rings. The van der Waals surface area contributed by atoms with E-state index in [1.54, 1.807) is 11.3 Å². The number of nitrogens with one attached hydrogen (secondary N) is 1. The van der Waals surface area contributed by atoms with Gasteiger partial charge in [-0.05, 0) is 23.1 Å². The summed E-state index contributed by atoms with van der Waals surface area (Å²) in [6, 6.07) is 11.8. The molecule has 2 rings (SSSR count). The molecule has 0 aliphatic carbocycles. The van der Waals surface area contributed by atoms with E-state index >= 15 is 0 Å². The van der Waals surface area contributed by atoms with Crippen molar-refractivity contribution in [2.45, 2.75) is 0 Å². The van der Waals surface area contributed by atoms with Gasteiger partial charge < -0.3 is 5.73 Å². The van der Waals surface area contributed by atoms with Gasteiger partial charge in [0.2, 0.25) is 0 Å². The molecule has 1 heterocycles. The predicted molar refractivity (Wildman–Crippen MR) is 60.8 cm³/mol. The minimum absolute atomic E-state index is 0.114. The molecule has 2 nitrogen and oxygen atoms in total. The zero-order valence-electron chi connectivity index (χ0n) is 7.53. The van der Waals surface area contributed by atoms with Crippen LogP contribution in [0.3, 0.4) is 0 Å². The van der Waals surface area contributed by atoms with Gasteiger partial charge >= 0.3 is 0 Å². The maximum atomic E-state index is 7.34. The standard InChI is InChI=1S/C11H10N2S/c12-11(13)9-4-1-3-8(7-9)10-5-2-6-14-10/h1-7H,(H3,12,13). The van der Waals surface area contributed by atoms with Gasteiger partial charge in [-0.15, -0.1) is 11.3 Å². The molecule has 0 unspecified atom stereocenters. The van der Waals surface area contributed by atoms with E-state index in [0.29, 0.717) is 0 Å². The summed E-state index contributed by atoms with van der Waals surface area (Å²) in [4.78, 5) is 1.20. The molecule has 0 aliphatic rings. The molecule has 2 aromatic rings. The summed E-state index contributed by atoms with van der Waals surface area (Å²) in [5, 5.41) is 9.38. The van der Waals surface area contributed by atoms with Crippen LogP contribution in [-0.2, 0) is 0 Å². The fourth-order valence-corrected chi connectivity index (χ4v) is 2.01. The molecule has 3 heteroatoms. The van der Waals surface area contributed by atoms with Crippen LogP contribution in [-0.4, -0.2) is 5.84 Å². The lowest BCUT2D eigenvalue weighted by Gasteiger charge is -2.01. The highest BCUT2D eigenvalue weighted by atomic mass is 32.1. The lowest BCUT2D eigenvalue weighted by atomic mass is 10.1. The third-order valence-corrected chi connectivity index (χ3v) is 2.90. The molecule has 0 radical (unpaired) electrons. The molecule has 0 atom stereocenters. The first-order valence-electron chi connectivity index (χ1n) is 4.26. The lowest BCUT2D eigenvalue weighted by Crippen LogP contribution is -2.10. The monoisotopic (exact) mass is 202 g/mol. The van der Waals surface area contributed by atoms with Crippen LogP contribution in [0.1, 0.15) is 5.56 Å². The largest absolute Gasteiger partial charge is 0.384 e. The van der Waals surface area contributed by atoms with Crippen molar-refractivity contribution in [3.05, 3.63) is 47.3 Å². The van der Waals surface area contributed by atoms with E-state index in [1.165, 1.54) is 4.88 Å². The molecule has 0 amide bonds. The molecular weight excluding hydrogens is 192 g/mol. The van der Waals surface area contributed by atoms with Gasteiger partial charge in [0.25, 0.3) is 0 Å². The van der Waals surface area contributed by atoms with Crippen LogP contribution in [0.2, 0.25) is 0 Å². The second-order valence-corrected chi connectivity index (χ2v) is 3.92. The average molecular weight is 202 g/mol. The zero-order valence-corrected chi connectivity index (χ0v) is 8.34. The molecule has 0 saturated heterocycles. The van der Waals surface area contributed by atoms with Gasteiger partial charge in [-0.2, -0.15) is 0 Å². The number of hydrogen-bond donors (Lipinski definition) is 2. The first-order valence-corrected chi connectivity index (χ1v) is 5.13. The Morgan fingerprint density at radius 1 is 1.21 bits per heavy atom. The van der Waals surface area contributed by atoms with E-state index in [0.717, 1.165) is 11.1 Å². The molecular formula is C11H10N2S. The Morgan fingerprint density at radius 3 is 2.71 bits per heavy atom. The molecule has 0 spiro atoms. The van der Waals surface area contributed by atoms with Crippen LogP contribution in [0.4, 0.5) is 0 Å². The van der Waals surface area contributed by atoms with Crippen molar-refractivity contribution in [1.82, 2.24) is 0 Å². The Morgan fingerprint density at radius 2 is 2.07 bits per heavy atom. The summed E-state index contributed by atoms with van der Waals surface area (Å²) < 4.78 is 0. The Balaban J connectivity index is 2.46. The maximum absolute atomic E-state index is 7.34. The second-order valence-electron chi connectivity index (χ2n) is 2.97. The molecule has 3 N–H and O–H groups in total. The van der Waals surface area contributed by atoms with Gasteiger partial charge in [0.1, 0.15) is 5.84 Å². The van der Waals surface area contributed by atoms with Gasteiger partial charge in [0, 0.05) is 10.4 Å². The topological polar surface area (TPSA) is 49.9 Å². The quantitative estimate of drug-likeness (QED) is 0.571. The van der Waals surface area contributed by atoms with Crippen molar-refractivity contribution in [3.63, 3.8) is 0 Å². The fourth-order valence-electron chi connectivity index (χ4n) is 1.28. The second kappa shape index (κ2) is 3.64. The van der Waals surface area contributed by atoms with Crippen molar-refractivity contribution in [1.29, 1.82) is 5.41 Å². The number of nitrogens with two attached hydrogens (primary N) is 1. The molecule has 1 aromatic heterocycles. The van der Waals surface area contributed by atoms with Crippen LogP contribution in [0.15, 0.2) is 41.8 Å². The number of hydrogen-bond acceptors (Lipinski definition) is 2. The van der Waals surface area contributed by atoms with Crippen LogP contribution < -0.4 is 5.73 Å². The van der Waals surface area contributed by atoms with Crippen LogP contribution in [0.5, 0.6) is 0 Å². The van der Waals surface area contributed by atoms with Gasteiger partial charge in [0.15, 0.2) is 0 Å². The number of nitrogen functional groups attached to an aromatic ring is 1. The highest BCUT2D eigenvalue weighted by Gasteiger charge is 2.01. The number of amidine groups is 1. The molecule has 70 valence electrons. The van der Waals surface area contributed by atoms with E-state index in [1.807, 2.05) is 35.7 Å². The van der Waals surface area contributed by atoms with Gasteiger partial charge in [-0.3, -0.25) is 5.41 Å². The van der Waals surface area contributed by atoms with E-state index in [2.05, 4.69) is 6.07 Å². The zero-order chi connectivity index (χ0) is 9.97. The summed E-state index contributed by atoms with van der Waals surface area (Å²) in [6.45, 7) is 0. The van der Waals surface area contributed by atoms with E-state index in [9.17, 15) is 0 Å². The summed E-state index contributed by atoms with van der Waals surface area (Å²) in [6.07, 6.45) is 0. The number of benzene rings is 1. The van der Waals surface area contributed by atoms with Crippen molar-refractivity contribution in [3.8, 4) is 10.4 Å². The van der Waals surface area contributed by atoms with Crippen molar-refractivity contribution in [2.24, 2.45) is 5.73 Å². The average Bonchev–Trinajstić information content (AvgIpc) is 2.71. The highest BCUT2D eigenvalue weighted by Crippen LogP contribution is 2.24. The Kier molecular flexibility index (Phi) is 2.33. The number of rotatable bonds is 2. The molecule has 14 heavy (non-hydrogen) atoms. The smallest absolute Gasteiger partial charge is 0.122 e. The Hall–Kier alpha value is -1.61. The maximum Gasteiger partial charge on any atom is 0.122 e.